The van der Waals surface area contributed by atoms with Crippen LogP contribution in [0.3, 0.4) is 0 Å². The number of rotatable bonds is 10. The number of fused-ring (bicyclic) bond motifs is 3. The van der Waals surface area contributed by atoms with E-state index in [1.165, 1.54) is 0 Å². The summed E-state index contributed by atoms with van der Waals surface area (Å²) in [4.78, 5) is 35.8. The van der Waals surface area contributed by atoms with Crippen molar-refractivity contribution >= 4 is 18.0 Å². The van der Waals surface area contributed by atoms with Crippen LogP contribution in [0, 0.1) is 0 Å². The fourth-order valence-corrected chi connectivity index (χ4v) is 3.90. The zero-order valence-corrected chi connectivity index (χ0v) is 18.1. The number of ether oxygens (including phenoxy) is 1. The Morgan fingerprint density at radius 2 is 1.64 bits per heavy atom. The molecule has 0 aromatic heterocycles. The SMILES string of the molecule is CC(F)(F)CCCNC(=O)C(CC(=O)O)NC(=O)OCC1c2ccccc2-c2ccccc21. The molecule has 3 rings (SSSR count). The molecule has 7 nitrogen and oxygen atoms in total. The summed E-state index contributed by atoms with van der Waals surface area (Å²) in [6, 6.07) is 14.2. The van der Waals surface area contributed by atoms with Crippen LogP contribution in [-0.2, 0) is 14.3 Å². The summed E-state index contributed by atoms with van der Waals surface area (Å²) in [7, 11) is 0. The van der Waals surface area contributed by atoms with Crippen molar-refractivity contribution in [1.82, 2.24) is 10.6 Å². The summed E-state index contributed by atoms with van der Waals surface area (Å²) in [5, 5.41) is 13.7. The summed E-state index contributed by atoms with van der Waals surface area (Å²) in [6.45, 7) is 0.721. The van der Waals surface area contributed by atoms with Crippen molar-refractivity contribution in [3.05, 3.63) is 59.7 Å². The van der Waals surface area contributed by atoms with Crippen molar-refractivity contribution < 1.29 is 33.0 Å². The molecular weight excluding hydrogens is 434 g/mol. The standard InChI is InChI=1S/C24H26F2N2O5/c1-24(25,26)11-6-12-27-22(31)20(13-21(29)30)28-23(32)33-14-19-17-9-4-2-7-15(17)16-8-3-5-10-18(16)19/h2-5,7-10,19-20H,6,11-14H2,1H3,(H,27,31)(H,28,32)(H,29,30). The van der Waals surface area contributed by atoms with Crippen LogP contribution in [0.5, 0.6) is 0 Å². The van der Waals surface area contributed by atoms with Crippen LogP contribution in [0.15, 0.2) is 48.5 Å². The summed E-state index contributed by atoms with van der Waals surface area (Å²) < 4.78 is 31.1. The third-order valence-corrected chi connectivity index (χ3v) is 5.42. The van der Waals surface area contributed by atoms with E-state index in [9.17, 15) is 23.2 Å². The molecule has 1 unspecified atom stereocenters. The maximum absolute atomic E-state index is 12.9. The lowest BCUT2D eigenvalue weighted by molar-refractivity contribution is -0.139. The molecule has 9 heteroatoms. The van der Waals surface area contributed by atoms with E-state index in [0.717, 1.165) is 29.2 Å². The van der Waals surface area contributed by atoms with Crippen molar-refractivity contribution in [2.45, 2.75) is 44.1 Å². The molecule has 2 aromatic carbocycles. The Hall–Kier alpha value is -3.49. The highest BCUT2D eigenvalue weighted by atomic mass is 19.3. The fourth-order valence-electron chi connectivity index (χ4n) is 3.90. The lowest BCUT2D eigenvalue weighted by Crippen LogP contribution is -2.48. The van der Waals surface area contributed by atoms with Gasteiger partial charge in [0.25, 0.3) is 0 Å². The molecule has 0 saturated carbocycles. The van der Waals surface area contributed by atoms with Gasteiger partial charge >= 0.3 is 12.1 Å². The van der Waals surface area contributed by atoms with Gasteiger partial charge in [0.1, 0.15) is 12.6 Å². The first-order valence-electron chi connectivity index (χ1n) is 10.6. The number of nitrogens with one attached hydrogen (secondary N) is 2. The van der Waals surface area contributed by atoms with E-state index < -0.39 is 42.8 Å². The average molecular weight is 460 g/mol. The summed E-state index contributed by atoms with van der Waals surface area (Å²) in [5.74, 6) is -5.12. The smallest absolute Gasteiger partial charge is 0.407 e. The molecule has 2 amide bonds. The van der Waals surface area contributed by atoms with Gasteiger partial charge in [-0.3, -0.25) is 9.59 Å². The van der Waals surface area contributed by atoms with Gasteiger partial charge in [-0.05, 0) is 35.6 Å². The normalized spacial score (nSPS) is 13.5. The van der Waals surface area contributed by atoms with E-state index in [1.807, 2.05) is 48.5 Å². The molecule has 0 aliphatic heterocycles. The Kier molecular flexibility index (Phi) is 7.63. The summed E-state index contributed by atoms with van der Waals surface area (Å²) >= 11 is 0. The van der Waals surface area contributed by atoms with Crippen LogP contribution in [0.1, 0.15) is 43.2 Å². The number of hydrogen-bond donors (Lipinski definition) is 3. The van der Waals surface area contributed by atoms with Crippen LogP contribution >= 0.6 is 0 Å². The van der Waals surface area contributed by atoms with Crippen molar-refractivity contribution in [3.8, 4) is 11.1 Å². The molecule has 33 heavy (non-hydrogen) atoms. The largest absolute Gasteiger partial charge is 0.481 e. The number of alkyl halides is 2. The minimum absolute atomic E-state index is 0.00680. The number of carboxylic acid groups (broad SMARTS) is 1. The van der Waals surface area contributed by atoms with Gasteiger partial charge in [0.2, 0.25) is 11.8 Å². The zero-order chi connectivity index (χ0) is 24.0. The minimum atomic E-state index is -2.86. The second kappa shape index (κ2) is 10.4. The molecular formula is C24H26F2N2O5. The molecule has 3 N–H and O–H groups in total. The number of aliphatic carboxylic acids is 1. The Balaban J connectivity index is 1.58. The quantitative estimate of drug-likeness (QED) is 0.466. The monoisotopic (exact) mass is 460 g/mol. The first-order valence-corrected chi connectivity index (χ1v) is 10.6. The van der Waals surface area contributed by atoms with Crippen molar-refractivity contribution in [2.75, 3.05) is 13.2 Å². The van der Waals surface area contributed by atoms with Gasteiger partial charge < -0.3 is 20.5 Å². The zero-order valence-electron chi connectivity index (χ0n) is 18.1. The van der Waals surface area contributed by atoms with Crippen molar-refractivity contribution in [1.29, 1.82) is 0 Å². The third-order valence-electron chi connectivity index (χ3n) is 5.42. The molecule has 0 bridgehead atoms. The van der Waals surface area contributed by atoms with Gasteiger partial charge in [0.15, 0.2) is 0 Å². The first-order chi connectivity index (χ1) is 15.7. The number of carboxylic acids is 1. The van der Waals surface area contributed by atoms with Gasteiger partial charge in [-0.15, -0.1) is 0 Å². The Bertz CT molecular complexity index is 976. The third kappa shape index (κ3) is 6.50. The molecule has 0 spiro atoms. The second-order valence-electron chi connectivity index (χ2n) is 8.09. The highest BCUT2D eigenvalue weighted by Gasteiger charge is 2.30. The predicted octanol–water partition coefficient (Wildman–Crippen LogP) is 3.92. The summed E-state index contributed by atoms with van der Waals surface area (Å²) in [5.41, 5.74) is 4.14. The van der Waals surface area contributed by atoms with Gasteiger partial charge in [0, 0.05) is 18.9 Å². The van der Waals surface area contributed by atoms with Crippen LogP contribution in [-0.4, -0.2) is 48.2 Å². The number of halogens is 2. The second-order valence-corrected chi connectivity index (χ2v) is 8.09. The average Bonchev–Trinajstić information content (AvgIpc) is 3.07. The Morgan fingerprint density at radius 3 is 2.18 bits per heavy atom. The van der Waals surface area contributed by atoms with E-state index in [-0.39, 0.29) is 25.5 Å². The summed E-state index contributed by atoms with van der Waals surface area (Å²) in [6.07, 6.45) is -2.00. The Labute approximate surface area is 190 Å². The number of hydrogen-bond acceptors (Lipinski definition) is 4. The van der Waals surface area contributed by atoms with Crippen LogP contribution in [0.2, 0.25) is 0 Å². The molecule has 176 valence electrons. The molecule has 1 atom stereocenters. The predicted molar refractivity (Wildman–Crippen MR) is 117 cm³/mol. The van der Waals surface area contributed by atoms with E-state index >= 15 is 0 Å². The lowest BCUT2D eigenvalue weighted by Gasteiger charge is -2.19. The molecule has 2 aromatic rings. The van der Waals surface area contributed by atoms with E-state index in [4.69, 9.17) is 9.84 Å². The van der Waals surface area contributed by atoms with Crippen LogP contribution in [0.25, 0.3) is 11.1 Å². The lowest BCUT2D eigenvalue weighted by atomic mass is 9.98. The maximum atomic E-state index is 12.9. The van der Waals surface area contributed by atoms with E-state index in [0.29, 0.717) is 0 Å². The Morgan fingerprint density at radius 1 is 1.06 bits per heavy atom. The van der Waals surface area contributed by atoms with Gasteiger partial charge in [-0.25, -0.2) is 13.6 Å². The first kappa shape index (κ1) is 24.2. The fraction of sp³-hybridized carbons (Fsp3) is 0.375. The number of carbonyl (C=O) groups is 3. The number of carbonyl (C=O) groups excluding carboxylic acids is 2. The van der Waals surface area contributed by atoms with Gasteiger partial charge in [-0.1, -0.05) is 48.5 Å². The van der Waals surface area contributed by atoms with Crippen LogP contribution in [0.4, 0.5) is 13.6 Å². The number of amides is 2. The van der Waals surface area contributed by atoms with Gasteiger partial charge in [0.05, 0.1) is 6.42 Å². The van der Waals surface area contributed by atoms with E-state index in [2.05, 4.69) is 10.6 Å². The number of benzene rings is 2. The molecule has 0 saturated heterocycles. The molecule has 1 aliphatic rings. The maximum Gasteiger partial charge on any atom is 0.407 e. The molecule has 0 fully saturated rings. The van der Waals surface area contributed by atoms with Gasteiger partial charge in [-0.2, -0.15) is 0 Å². The highest BCUT2D eigenvalue weighted by Crippen LogP contribution is 2.44. The van der Waals surface area contributed by atoms with Crippen molar-refractivity contribution in [3.63, 3.8) is 0 Å². The topological polar surface area (TPSA) is 105 Å². The highest BCUT2D eigenvalue weighted by molar-refractivity contribution is 5.89. The molecule has 0 heterocycles. The minimum Gasteiger partial charge on any atom is -0.481 e. The van der Waals surface area contributed by atoms with Crippen molar-refractivity contribution in [2.24, 2.45) is 0 Å². The molecule has 1 aliphatic carbocycles. The van der Waals surface area contributed by atoms with E-state index in [1.54, 1.807) is 0 Å². The molecule has 0 radical (unpaired) electrons. The van der Waals surface area contributed by atoms with Crippen LogP contribution < -0.4 is 10.6 Å². The number of alkyl carbamates (subject to hydrolysis) is 1.